The molecule has 0 aliphatic heterocycles. The fraction of sp³-hybridized carbons (Fsp3) is 0.133. The fourth-order valence-corrected chi connectivity index (χ4v) is 2.38. The molecule has 0 radical (unpaired) electrons. The maximum Gasteiger partial charge on any atom is 0.203 e. The summed E-state index contributed by atoms with van der Waals surface area (Å²) >= 11 is 8.08. The second kappa shape index (κ2) is 6.39. The van der Waals surface area contributed by atoms with Gasteiger partial charge in [-0.3, -0.25) is 4.79 Å². The molecular formula is C15H12ClIO2. The predicted molar refractivity (Wildman–Crippen MR) is 85.0 cm³/mol. The summed E-state index contributed by atoms with van der Waals surface area (Å²) in [6.07, 6.45) is -0.545. The van der Waals surface area contributed by atoms with Crippen LogP contribution in [0, 0.1) is 3.57 Å². The lowest BCUT2D eigenvalue weighted by Gasteiger charge is -2.14. The van der Waals surface area contributed by atoms with Crippen LogP contribution in [0.4, 0.5) is 0 Å². The topological polar surface area (TPSA) is 26.3 Å². The Morgan fingerprint density at radius 3 is 2.63 bits per heavy atom. The average Bonchev–Trinajstić information content (AvgIpc) is 2.38. The number of benzene rings is 2. The van der Waals surface area contributed by atoms with Gasteiger partial charge >= 0.3 is 0 Å². The highest BCUT2D eigenvalue weighted by molar-refractivity contribution is 14.1. The van der Waals surface area contributed by atoms with Crippen molar-refractivity contribution in [3.63, 3.8) is 0 Å². The van der Waals surface area contributed by atoms with Crippen molar-refractivity contribution in [2.24, 2.45) is 0 Å². The number of halogens is 2. The lowest BCUT2D eigenvalue weighted by atomic mass is 10.1. The van der Waals surface area contributed by atoms with Gasteiger partial charge in [0.15, 0.2) is 6.10 Å². The van der Waals surface area contributed by atoms with E-state index in [1.165, 1.54) is 0 Å². The van der Waals surface area contributed by atoms with Gasteiger partial charge in [0.2, 0.25) is 5.78 Å². The van der Waals surface area contributed by atoms with E-state index in [1.54, 1.807) is 31.2 Å². The molecule has 1 atom stereocenters. The van der Waals surface area contributed by atoms with Crippen LogP contribution in [-0.2, 0) is 0 Å². The number of hydrogen-bond donors (Lipinski definition) is 0. The zero-order chi connectivity index (χ0) is 13.8. The second-order valence-electron chi connectivity index (χ2n) is 4.09. The number of ketones is 1. The molecule has 0 saturated carbocycles. The van der Waals surface area contributed by atoms with Crippen molar-refractivity contribution in [1.82, 2.24) is 0 Å². The SMILES string of the molecule is CC(Oc1cccc(I)c1)C(=O)c1cccc(Cl)c1. The maximum atomic E-state index is 12.2. The van der Waals surface area contributed by atoms with Crippen molar-refractivity contribution in [2.75, 3.05) is 0 Å². The van der Waals surface area contributed by atoms with Gasteiger partial charge in [-0.15, -0.1) is 0 Å². The van der Waals surface area contributed by atoms with Crippen LogP contribution >= 0.6 is 34.2 Å². The third kappa shape index (κ3) is 3.94. The lowest BCUT2D eigenvalue weighted by molar-refractivity contribution is 0.0818. The van der Waals surface area contributed by atoms with Crippen molar-refractivity contribution < 1.29 is 9.53 Å². The van der Waals surface area contributed by atoms with E-state index in [2.05, 4.69) is 22.6 Å². The lowest BCUT2D eigenvalue weighted by Crippen LogP contribution is -2.23. The number of carbonyl (C=O) groups excluding carboxylic acids is 1. The Kier molecular flexibility index (Phi) is 4.82. The van der Waals surface area contributed by atoms with Crippen LogP contribution in [-0.4, -0.2) is 11.9 Å². The summed E-state index contributed by atoms with van der Waals surface area (Å²) in [5.74, 6) is 0.608. The van der Waals surface area contributed by atoms with Crippen LogP contribution < -0.4 is 4.74 Å². The molecule has 19 heavy (non-hydrogen) atoms. The van der Waals surface area contributed by atoms with Crippen LogP contribution in [0.15, 0.2) is 48.5 Å². The molecule has 0 aromatic heterocycles. The molecule has 2 rings (SSSR count). The highest BCUT2D eigenvalue weighted by atomic mass is 127. The molecule has 4 heteroatoms. The van der Waals surface area contributed by atoms with Crippen molar-refractivity contribution in [1.29, 1.82) is 0 Å². The first kappa shape index (κ1) is 14.3. The molecule has 98 valence electrons. The van der Waals surface area contributed by atoms with E-state index in [-0.39, 0.29) is 5.78 Å². The van der Waals surface area contributed by atoms with E-state index < -0.39 is 6.10 Å². The van der Waals surface area contributed by atoms with Crippen LogP contribution in [0.2, 0.25) is 5.02 Å². The Balaban J connectivity index is 2.12. The van der Waals surface area contributed by atoms with E-state index in [9.17, 15) is 4.79 Å². The van der Waals surface area contributed by atoms with Crippen LogP contribution in [0.1, 0.15) is 17.3 Å². The third-order valence-corrected chi connectivity index (χ3v) is 3.49. The maximum absolute atomic E-state index is 12.2. The van der Waals surface area contributed by atoms with Crippen molar-refractivity contribution in [2.45, 2.75) is 13.0 Å². The van der Waals surface area contributed by atoms with Crippen molar-refractivity contribution in [3.8, 4) is 5.75 Å². The highest BCUT2D eigenvalue weighted by Gasteiger charge is 2.17. The molecule has 0 bridgehead atoms. The summed E-state index contributed by atoms with van der Waals surface area (Å²) in [4.78, 5) is 12.2. The summed E-state index contributed by atoms with van der Waals surface area (Å²) in [5, 5.41) is 0.548. The monoisotopic (exact) mass is 386 g/mol. The molecule has 2 nitrogen and oxygen atoms in total. The molecule has 1 unspecified atom stereocenters. The Morgan fingerprint density at radius 1 is 1.21 bits per heavy atom. The molecule has 0 aliphatic carbocycles. The number of rotatable bonds is 4. The first-order valence-electron chi connectivity index (χ1n) is 5.78. The molecule has 2 aromatic carbocycles. The van der Waals surface area contributed by atoms with Gasteiger partial charge in [-0.05, 0) is 59.8 Å². The number of Topliss-reactive ketones (excluding diaryl/α,β-unsaturated/α-hetero) is 1. The van der Waals surface area contributed by atoms with Gasteiger partial charge in [0, 0.05) is 14.2 Å². The Morgan fingerprint density at radius 2 is 1.95 bits per heavy atom. The Bertz CT molecular complexity index is 598. The Labute approximate surface area is 130 Å². The zero-order valence-corrected chi connectivity index (χ0v) is 13.2. The zero-order valence-electron chi connectivity index (χ0n) is 10.3. The van der Waals surface area contributed by atoms with E-state index >= 15 is 0 Å². The molecule has 0 heterocycles. The average molecular weight is 387 g/mol. The van der Waals surface area contributed by atoms with E-state index in [0.29, 0.717) is 16.3 Å². The molecular weight excluding hydrogens is 375 g/mol. The van der Waals surface area contributed by atoms with Gasteiger partial charge < -0.3 is 4.74 Å². The summed E-state index contributed by atoms with van der Waals surface area (Å²) in [6, 6.07) is 14.5. The predicted octanol–water partition coefficient (Wildman–Crippen LogP) is 4.59. The van der Waals surface area contributed by atoms with E-state index in [0.717, 1.165) is 3.57 Å². The minimum Gasteiger partial charge on any atom is -0.483 e. The molecule has 2 aromatic rings. The number of carbonyl (C=O) groups is 1. The summed E-state index contributed by atoms with van der Waals surface area (Å²) in [5.41, 5.74) is 0.561. The number of hydrogen-bond acceptors (Lipinski definition) is 2. The van der Waals surface area contributed by atoms with Crippen LogP contribution in [0.25, 0.3) is 0 Å². The molecule has 0 amide bonds. The summed E-state index contributed by atoms with van der Waals surface area (Å²) in [7, 11) is 0. The standard InChI is InChI=1S/C15H12ClIO2/c1-10(19-14-7-3-6-13(17)9-14)15(18)11-4-2-5-12(16)8-11/h2-10H,1H3. The van der Waals surface area contributed by atoms with Gasteiger partial charge in [0.1, 0.15) is 5.75 Å². The van der Waals surface area contributed by atoms with Crippen LogP contribution in [0.5, 0.6) is 5.75 Å². The quantitative estimate of drug-likeness (QED) is 0.567. The largest absolute Gasteiger partial charge is 0.483 e. The van der Waals surface area contributed by atoms with Crippen molar-refractivity contribution >= 4 is 40.0 Å². The van der Waals surface area contributed by atoms with Crippen molar-refractivity contribution in [3.05, 3.63) is 62.7 Å². The van der Waals surface area contributed by atoms with Gasteiger partial charge in [0.25, 0.3) is 0 Å². The van der Waals surface area contributed by atoms with E-state index in [1.807, 2.05) is 24.3 Å². The molecule has 0 fully saturated rings. The van der Waals surface area contributed by atoms with Gasteiger partial charge in [-0.1, -0.05) is 29.8 Å². The number of ether oxygens (including phenoxy) is 1. The van der Waals surface area contributed by atoms with Gasteiger partial charge in [0.05, 0.1) is 0 Å². The first-order valence-corrected chi connectivity index (χ1v) is 7.24. The molecule has 0 spiro atoms. The van der Waals surface area contributed by atoms with E-state index in [4.69, 9.17) is 16.3 Å². The summed E-state index contributed by atoms with van der Waals surface area (Å²) in [6.45, 7) is 1.74. The fourth-order valence-electron chi connectivity index (χ4n) is 1.67. The molecule has 0 aliphatic rings. The minimum absolute atomic E-state index is 0.0821. The smallest absolute Gasteiger partial charge is 0.203 e. The normalized spacial score (nSPS) is 11.9. The minimum atomic E-state index is -0.545. The third-order valence-electron chi connectivity index (χ3n) is 2.59. The van der Waals surface area contributed by atoms with Gasteiger partial charge in [-0.25, -0.2) is 0 Å². The summed E-state index contributed by atoms with van der Waals surface area (Å²) < 4.78 is 6.72. The first-order chi connectivity index (χ1) is 9.06. The van der Waals surface area contributed by atoms with Gasteiger partial charge in [-0.2, -0.15) is 0 Å². The molecule has 0 saturated heterocycles. The molecule has 0 N–H and O–H groups in total. The highest BCUT2D eigenvalue weighted by Crippen LogP contribution is 2.18. The van der Waals surface area contributed by atoms with Crippen LogP contribution in [0.3, 0.4) is 0 Å². The Hall–Kier alpha value is -1.07. The second-order valence-corrected chi connectivity index (χ2v) is 5.77.